The quantitative estimate of drug-likeness (QED) is 0.228. The van der Waals surface area contributed by atoms with Gasteiger partial charge in [-0.3, -0.25) is 4.98 Å². The summed E-state index contributed by atoms with van der Waals surface area (Å²) >= 11 is 0. The number of hydrogen-bond acceptors (Lipinski definition) is 8. The standard InChI is InChI=1S/C32H31N7O2/c1-2-14-41-30(8-1)39-19-25(18-35-39)23-9-11-26(12-10-23)36-32-28-20-40-21-29(28)37-31(38-32)24-6-3-7-27(15-24)34-17-22-5-4-13-33-16-22/h3-7,9-13,15-16,18-19,30,34H,1-2,8,14,17,20-21H2,(H,36,37,38). The molecule has 5 aromatic rings. The molecule has 1 fully saturated rings. The van der Waals surface area contributed by atoms with Gasteiger partial charge in [-0.25, -0.2) is 14.6 Å². The third-order valence-corrected chi connectivity index (χ3v) is 7.45. The zero-order valence-corrected chi connectivity index (χ0v) is 22.7. The molecule has 7 rings (SSSR count). The van der Waals surface area contributed by atoms with E-state index >= 15 is 0 Å². The maximum absolute atomic E-state index is 5.88. The number of nitrogens with one attached hydrogen (secondary N) is 2. The molecule has 0 bridgehead atoms. The van der Waals surface area contributed by atoms with Crippen LogP contribution >= 0.6 is 0 Å². The minimum atomic E-state index is 0.0346. The number of ether oxygens (including phenoxy) is 2. The van der Waals surface area contributed by atoms with Crippen molar-refractivity contribution in [2.75, 3.05) is 17.2 Å². The fourth-order valence-corrected chi connectivity index (χ4v) is 5.22. The molecule has 2 N–H and O–H groups in total. The topological polar surface area (TPSA) is 99.0 Å². The number of benzene rings is 2. The van der Waals surface area contributed by atoms with Gasteiger partial charge >= 0.3 is 0 Å². The summed E-state index contributed by atoms with van der Waals surface area (Å²) < 4.78 is 13.6. The van der Waals surface area contributed by atoms with Crippen LogP contribution in [0.3, 0.4) is 0 Å². The second-order valence-electron chi connectivity index (χ2n) is 10.3. The van der Waals surface area contributed by atoms with E-state index in [2.05, 4.69) is 63.3 Å². The number of fused-ring (bicyclic) bond motifs is 1. The van der Waals surface area contributed by atoms with Crippen molar-refractivity contribution in [3.8, 4) is 22.5 Å². The molecule has 0 saturated carbocycles. The van der Waals surface area contributed by atoms with Crippen LogP contribution in [0.1, 0.15) is 42.3 Å². The van der Waals surface area contributed by atoms with Gasteiger partial charge in [0.2, 0.25) is 0 Å². The Hall–Kier alpha value is -4.60. The van der Waals surface area contributed by atoms with Crippen molar-refractivity contribution in [2.24, 2.45) is 0 Å². The minimum absolute atomic E-state index is 0.0346. The molecule has 1 unspecified atom stereocenters. The summed E-state index contributed by atoms with van der Waals surface area (Å²) in [6, 6.07) is 20.5. The molecule has 2 aromatic carbocycles. The van der Waals surface area contributed by atoms with Crippen LogP contribution in [0.15, 0.2) is 85.5 Å². The Bertz CT molecular complexity index is 1630. The number of anilines is 3. The van der Waals surface area contributed by atoms with Crippen molar-refractivity contribution in [3.05, 3.63) is 102 Å². The highest BCUT2D eigenvalue weighted by molar-refractivity contribution is 5.70. The van der Waals surface area contributed by atoms with Crippen molar-refractivity contribution < 1.29 is 9.47 Å². The molecule has 3 aromatic heterocycles. The summed E-state index contributed by atoms with van der Waals surface area (Å²) in [6.45, 7) is 2.46. The Morgan fingerprint density at radius 2 is 1.83 bits per heavy atom. The van der Waals surface area contributed by atoms with E-state index in [4.69, 9.17) is 19.4 Å². The average Bonchev–Trinajstić information content (AvgIpc) is 3.72. The van der Waals surface area contributed by atoms with E-state index in [0.29, 0.717) is 25.6 Å². The third-order valence-electron chi connectivity index (χ3n) is 7.45. The molecular formula is C32H31N7O2. The van der Waals surface area contributed by atoms with Gasteiger partial charge in [0, 0.05) is 59.8 Å². The molecule has 9 heteroatoms. The molecule has 1 saturated heterocycles. The van der Waals surface area contributed by atoms with Gasteiger partial charge in [-0.05, 0) is 60.7 Å². The second kappa shape index (κ2) is 11.5. The first-order chi connectivity index (χ1) is 20.3. The van der Waals surface area contributed by atoms with Gasteiger partial charge < -0.3 is 20.1 Å². The number of nitrogens with zero attached hydrogens (tertiary/aromatic N) is 5. The van der Waals surface area contributed by atoms with E-state index in [9.17, 15) is 0 Å². The maximum Gasteiger partial charge on any atom is 0.161 e. The molecular weight excluding hydrogens is 514 g/mol. The van der Waals surface area contributed by atoms with Crippen LogP contribution in [0.2, 0.25) is 0 Å². The van der Waals surface area contributed by atoms with Gasteiger partial charge in [-0.2, -0.15) is 5.10 Å². The fraction of sp³-hybridized carbons (Fsp3) is 0.250. The van der Waals surface area contributed by atoms with Crippen molar-refractivity contribution in [1.29, 1.82) is 0 Å². The smallest absolute Gasteiger partial charge is 0.161 e. The molecule has 5 heterocycles. The Labute approximate surface area is 238 Å². The van der Waals surface area contributed by atoms with Gasteiger partial charge in [0.15, 0.2) is 5.82 Å². The van der Waals surface area contributed by atoms with Crippen LogP contribution in [0, 0.1) is 0 Å². The van der Waals surface area contributed by atoms with Crippen molar-refractivity contribution >= 4 is 17.2 Å². The molecule has 0 aliphatic carbocycles. The lowest BCUT2D eigenvalue weighted by molar-refractivity contribution is -0.0394. The lowest BCUT2D eigenvalue weighted by atomic mass is 10.1. The van der Waals surface area contributed by atoms with Crippen LogP contribution in [0.4, 0.5) is 17.2 Å². The maximum atomic E-state index is 5.88. The Balaban J connectivity index is 1.09. The average molecular weight is 546 g/mol. The van der Waals surface area contributed by atoms with Crippen molar-refractivity contribution in [2.45, 2.75) is 45.2 Å². The summed E-state index contributed by atoms with van der Waals surface area (Å²) in [5.41, 5.74) is 8.09. The van der Waals surface area contributed by atoms with E-state index in [1.54, 1.807) is 6.20 Å². The highest BCUT2D eigenvalue weighted by atomic mass is 16.5. The number of pyridine rings is 1. The minimum Gasteiger partial charge on any atom is -0.381 e. The first-order valence-corrected chi connectivity index (χ1v) is 14.0. The predicted octanol–water partition coefficient (Wildman–Crippen LogP) is 6.49. The van der Waals surface area contributed by atoms with Gasteiger partial charge in [-0.15, -0.1) is 0 Å². The SMILES string of the molecule is c1cncc(CNc2cccc(-c3nc4c(c(Nc5ccc(-c6cnn(C7CCCCO7)c6)cc5)n3)COC4)c2)c1. The molecule has 2 aliphatic heterocycles. The predicted molar refractivity (Wildman–Crippen MR) is 157 cm³/mol. The van der Waals surface area contributed by atoms with E-state index in [-0.39, 0.29) is 6.23 Å². The lowest BCUT2D eigenvalue weighted by Crippen LogP contribution is -2.18. The molecule has 9 nitrogen and oxygen atoms in total. The highest BCUT2D eigenvalue weighted by Crippen LogP contribution is 2.32. The molecule has 2 aliphatic rings. The van der Waals surface area contributed by atoms with Crippen LogP contribution in [0.5, 0.6) is 0 Å². The summed E-state index contributed by atoms with van der Waals surface area (Å²) in [7, 11) is 0. The van der Waals surface area contributed by atoms with Gasteiger partial charge in [0.25, 0.3) is 0 Å². The third kappa shape index (κ3) is 5.68. The first-order valence-electron chi connectivity index (χ1n) is 14.0. The zero-order chi connectivity index (χ0) is 27.4. The zero-order valence-electron chi connectivity index (χ0n) is 22.7. The van der Waals surface area contributed by atoms with Crippen LogP contribution in [-0.2, 0) is 29.2 Å². The summed E-state index contributed by atoms with van der Waals surface area (Å²) in [5.74, 6) is 1.43. The Morgan fingerprint density at radius 3 is 2.68 bits per heavy atom. The second-order valence-corrected chi connectivity index (χ2v) is 10.3. The van der Waals surface area contributed by atoms with E-state index < -0.39 is 0 Å². The van der Waals surface area contributed by atoms with Gasteiger partial charge in [0.1, 0.15) is 12.0 Å². The Morgan fingerprint density at radius 1 is 0.878 bits per heavy atom. The monoisotopic (exact) mass is 545 g/mol. The summed E-state index contributed by atoms with van der Waals surface area (Å²) in [5, 5.41) is 11.5. The normalized spacial score (nSPS) is 16.3. The van der Waals surface area contributed by atoms with Gasteiger partial charge in [-0.1, -0.05) is 30.3 Å². The van der Waals surface area contributed by atoms with Crippen molar-refractivity contribution in [3.63, 3.8) is 0 Å². The molecule has 0 amide bonds. The first kappa shape index (κ1) is 25.4. The molecule has 0 spiro atoms. The molecule has 206 valence electrons. The number of rotatable bonds is 8. The molecule has 0 radical (unpaired) electrons. The highest BCUT2D eigenvalue weighted by Gasteiger charge is 2.21. The Kier molecular flexibility index (Phi) is 7.11. The van der Waals surface area contributed by atoms with Gasteiger partial charge in [0.05, 0.1) is 25.1 Å². The number of aromatic nitrogens is 5. The number of hydrogen-bond donors (Lipinski definition) is 2. The van der Waals surface area contributed by atoms with E-state index in [0.717, 1.165) is 70.2 Å². The van der Waals surface area contributed by atoms with Crippen molar-refractivity contribution in [1.82, 2.24) is 24.7 Å². The molecule has 1 atom stereocenters. The largest absolute Gasteiger partial charge is 0.381 e. The van der Waals surface area contributed by atoms with Crippen LogP contribution in [0.25, 0.3) is 22.5 Å². The lowest BCUT2D eigenvalue weighted by Gasteiger charge is -2.22. The van der Waals surface area contributed by atoms with E-state index in [1.807, 2.05) is 41.3 Å². The van der Waals surface area contributed by atoms with E-state index in [1.165, 1.54) is 6.42 Å². The van der Waals surface area contributed by atoms with Crippen LogP contribution in [-0.4, -0.2) is 31.3 Å². The van der Waals surface area contributed by atoms with Crippen LogP contribution < -0.4 is 10.6 Å². The summed E-state index contributed by atoms with van der Waals surface area (Å²) in [6.07, 6.45) is 11.0. The fourth-order valence-electron chi connectivity index (χ4n) is 5.22. The summed E-state index contributed by atoms with van der Waals surface area (Å²) in [4.78, 5) is 14.0. The molecule has 41 heavy (non-hydrogen) atoms.